The van der Waals surface area contributed by atoms with Crippen molar-refractivity contribution >= 4 is 5.91 Å². The second-order valence-electron chi connectivity index (χ2n) is 5.49. The van der Waals surface area contributed by atoms with Crippen molar-refractivity contribution in [3.63, 3.8) is 0 Å². The summed E-state index contributed by atoms with van der Waals surface area (Å²) in [6, 6.07) is -0.863. The lowest BCUT2D eigenvalue weighted by atomic mass is 9.97. The van der Waals surface area contributed by atoms with Crippen molar-refractivity contribution in [3.8, 4) is 0 Å². The number of rotatable bonds is 6. The van der Waals surface area contributed by atoms with E-state index in [9.17, 15) is 15.0 Å². The first-order valence-corrected chi connectivity index (χ1v) is 6.88. The van der Waals surface area contributed by atoms with Crippen LogP contribution in [0, 0.1) is 5.92 Å². The molecule has 0 spiro atoms. The lowest BCUT2D eigenvalue weighted by Gasteiger charge is -2.42. The summed E-state index contributed by atoms with van der Waals surface area (Å²) in [6.45, 7) is 5.37. The average molecular weight is 291 g/mol. The lowest BCUT2D eigenvalue weighted by molar-refractivity contribution is -0.270. The van der Waals surface area contributed by atoms with Crippen molar-refractivity contribution in [1.82, 2.24) is 5.32 Å². The number of nitrogens with one attached hydrogen (secondary N) is 1. The molecule has 0 aromatic heterocycles. The van der Waals surface area contributed by atoms with Gasteiger partial charge in [-0.15, -0.1) is 0 Å². The van der Waals surface area contributed by atoms with Gasteiger partial charge in [0.25, 0.3) is 0 Å². The monoisotopic (exact) mass is 291 g/mol. The van der Waals surface area contributed by atoms with E-state index in [1.54, 1.807) is 0 Å². The zero-order chi connectivity index (χ0) is 15.3. The maximum absolute atomic E-state index is 11.2. The molecule has 0 aromatic carbocycles. The molecule has 0 unspecified atom stereocenters. The molecule has 1 fully saturated rings. The van der Waals surface area contributed by atoms with E-state index in [4.69, 9.17) is 14.6 Å². The first kappa shape index (κ1) is 17.3. The fourth-order valence-electron chi connectivity index (χ4n) is 2.03. The number of amides is 1. The van der Waals surface area contributed by atoms with E-state index in [0.29, 0.717) is 12.5 Å². The van der Waals surface area contributed by atoms with Gasteiger partial charge in [0.1, 0.15) is 24.4 Å². The third-order valence-electron chi connectivity index (χ3n) is 3.23. The Balaban J connectivity index is 2.70. The van der Waals surface area contributed by atoms with Crippen LogP contribution in [0.15, 0.2) is 0 Å². The molecule has 7 nitrogen and oxygen atoms in total. The highest BCUT2D eigenvalue weighted by Crippen LogP contribution is 2.22. The molecular weight excluding hydrogens is 266 g/mol. The van der Waals surface area contributed by atoms with Crippen LogP contribution in [0.4, 0.5) is 0 Å². The van der Waals surface area contributed by atoms with Crippen LogP contribution in [0.1, 0.15) is 27.2 Å². The minimum Gasteiger partial charge on any atom is -0.394 e. The Morgan fingerprint density at radius 2 is 2.00 bits per heavy atom. The van der Waals surface area contributed by atoms with E-state index in [2.05, 4.69) is 5.32 Å². The van der Waals surface area contributed by atoms with Gasteiger partial charge in [-0.1, -0.05) is 13.8 Å². The van der Waals surface area contributed by atoms with Crippen LogP contribution in [0.5, 0.6) is 0 Å². The Morgan fingerprint density at radius 3 is 2.50 bits per heavy atom. The third kappa shape index (κ3) is 4.68. The molecule has 118 valence electrons. The Bertz CT molecular complexity index is 311. The van der Waals surface area contributed by atoms with Gasteiger partial charge in [0, 0.05) is 6.92 Å². The molecule has 0 radical (unpaired) electrons. The van der Waals surface area contributed by atoms with Crippen LogP contribution in [0.3, 0.4) is 0 Å². The first-order valence-electron chi connectivity index (χ1n) is 6.88. The van der Waals surface area contributed by atoms with Crippen LogP contribution in [-0.2, 0) is 14.3 Å². The predicted octanol–water partition coefficient (Wildman–Crippen LogP) is -1.01. The normalized spacial score (nSPS) is 34.2. The van der Waals surface area contributed by atoms with E-state index in [1.165, 1.54) is 6.92 Å². The third-order valence-corrected chi connectivity index (χ3v) is 3.23. The maximum atomic E-state index is 11.2. The molecule has 4 N–H and O–H groups in total. The van der Waals surface area contributed by atoms with Gasteiger partial charge in [-0.05, 0) is 12.3 Å². The summed E-state index contributed by atoms with van der Waals surface area (Å²) in [7, 11) is 0. The van der Waals surface area contributed by atoms with Crippen molar-refractivity contribution < 1.29 is 29.6 Å². The molecule has 7 heteroatoms. The molecule has 1 amide bonds. The van der Waals surface area contributed by atoms with Crippen molar-refractivity contribution in [2.45, 2.75) is 57.8 Å². The van der Waals surface area contributed by atoms with Gasteiger partial charge in [-0.2, -0.15) is 0 Å². The fourth-order valence-corrected chi connectivity index (χ4v) is 2.03. The zero-order valence-electron chi connectivity index (χ0n) is 12.2. The molecule has 1 saturated heterocycles. The summed E-state index contributed by atoms with van der Waals surface area (Å²) < 4.78 is 11.0. The molecule has 0 aromatic rings. The van der Waals surface area contributed by atoms with E-state index < -0.39 is 37.3 Å². The Morgan fingerprint density at radius 1 is 1.35 bits per heavy atom. The topological polar surface area (TPSA) is 108 Å². The molecular formula is C13H25NO6. The Hall–Kier alpha value is -0.730. The highest BCUT2D eigenvalue weighted by Gasteiger charge is 2.45. The van der Waals surface area contributed by atoms with Crippen LogP contribution in [-0.4, -0.2) is 65.1 Å². The molecule has 1 aliphatic rings. The fraction of sp³-hybridized carbons (Fsp3) is 0.923. The number of carbonyl (C=O) groups is 1. The Labute approximate surface area is 118 Å². The van der Waals surface area contributed by atoms with Gasteiger partial charge in [-0.3, -0.25) is 4.79 Å². The SMILES string of the molecule is CC(=O)N[C@H]1[C@H](OCCC(C)C)O[C@H](CO)[C@H](O)[C@@H]1O. The smallest absolute Gasteiger partial charge is 0.217 e. The number of hydrogen-bond acceptors (Lipinski definition) is 6. The zero-order valence-corrected chi connectivity index (χ0v) is 12.2. The molecule has 1 rings (SSSR count). The highest BCUT2D eigenvalue weighted by atomic mass is 16.7. The number of ether oxygens (including phenoxy) is 2. The molecule has 5 atom stereocenters. The van der Waals surface area contributed by atoms with Gasteiger partial charge < -0.3 is 30.1 Å². The van der Waals surface area contributed by atoms with E-state index >= 15 is 0 Å². The quantitative estimate of drug-likeness (QED) is 0.499. The van der Waals surface area contributed by atoms with Crippen molar-refractivity contribution in [2.75, 3.05) is 13.2 Å². The van der Waals surface area contributed by atoms with E-state index in [0.717, 1.165) is 6.42 Å². The van der Waals surface area contributed by atoms with Crippen LogP contribution < -0.4 is 5.32 Å². The van der Waals surface area contributed by atoms with Gasteiger partial charge in [-0.25, -0.2) is 0 Å². The van der Waals surface area contributed by atoms with Crippen molar-refractivity contribution in [1.29, 1.82) is 0 Å². The van der Waals surface area contributed by atoms with Crippen LogP contribution >= 0.6 is 0 Å². The summed E-state index contributed by atoms with van der Waals surface area (Å²) in [5.74, 6) is 0.0896. The van der Waals surface area contributed by atoms with Gasteiger partial charge in [0.15, 0.2) is 6.29 Å². The van der Waals surface area contributed by atoms with E-state index in [-0.39, 0.29) is 5.91 Å². The molecule has 0 bridgehead atoms. The molecule has 1 heterocycles. The average Bonchev–Trinajstić information content (AvgIpc) is 2.36. The number of carbonyl (C=O) groups excluding carboxylic acids is 1. The second-order valence-corrected chi connectivity index (χ2v) is 5.49. The summed E-state index contributed by atoms with van der Waals surface area (Å²) in [6.07, 6.45) is -3.56. The summed E-state index contributed by atoms with van der Waals surface area (Å²) in [5, 5.41) is 31.5. The number of hydrogen-bond donors (Lipinski definition) is 4. The lowest BCUT2D eigenvalue weighted by Crippen LogP contribution is -2.64. The highest BCUT2D eigenvalue weighted by molar-refractivity contribution is 5.73. The van der Waals surface area contributed by atoms with Crippen molar-refractivity contribution in [2.24, 2.45) is 5.92 Å². The number of aliphatic hydroxyl groups excluding tert-OH is 3. The standard InChI is InChI=1S/C13H25NO6/c1-7(2)4-5-19-13-10(14-8(3)16)12(18)11(17)9(6-15)20-13/h7,9-13,15,17-18H,4-6H2,1-3H3,(H,14,16)/t9-,10-,11+,12-,13-/m1/s1. The largest absolute Gasteiger partial charge is 0.394 e. The van der Waals surface area contributed by atoms with Crippen molar-refractivity contribution in [3.05, 3.63) is 0 Å². The molecule has 0 saturated carbocycles. The predicted molar refractivity (Wildman–Crippen MR) is 70.8 cm³/mol. The minimum absolute atomic E-state index is 0.357. The van der Waals surface area contributed by atoms with Crippen LogP contribution in [0.25, 0.3) is 0 Å². The number of aliphatic hydroxyl groups is 3. The van der Waals surface area contributed by atoms with Gasteiger partial charge in [0.2, 0.25) is 5.91 Å². The molecule has 0 aliphatic carbocycles. The summed E-state index contributed by atoms with van der Waals surface area (Å²) in [4.78, 5) is 11.2. The molecule has 1 aliphatic heterocycles. The summed E-state index contributed by atoms with van der Waals surface area (Å²) >= 11 is 0. The van der Waals surface area contributed by atoms with Crippen LogP contribution in [0.2, 0.25) is 0 Å². The maximum Gasteiger partial charge on any atom is 0.217 e. The van der Waals surface area contributed by atoms with Gasteiger partial charge >= 0.3 is 0 Å². The van der Waals surface area contributed by atoms with E-state index in [1.807, 2.05) is 13.8 Å². The second kappa shape index (κ2) is 7.90. The first-order chi connectivity index (χ1) is 9.36. The summed E-state index contributed by atoms with van der Waals surface area (Å²) in [5.41, 5.74) is 0. The minimum atomic E-state index is -1.28. The van der Waals surface area contributed by atoms with Gasteiger partial charge in [0.05, 0.1) is 13.2 Å². The molecule has 20 heavy (non-hydrogen) atoms. The Kier molecular flexibility index (Phi) is 6.84.